The smallest absolute Gasteiger partial charge is 0.168 e. The van der Waals surface area contributed by atoms with Crippen molar-refractivity contribution in [2.24, 2.45) is 0 Å². The number of hydrogen-bond acceptors (Lipinski definition) is 4. The molecule has 1 aliphatic heterocycles. The van der Waals surface area contributed by atoms with Gasteiger partial charge >= 0.3 is 0 Å². The van der Waals surface area contributed by atoms with Gasteiger partial charge in [0.2, 0.25) is 0 Å². The Labute approximate surface area is 149 Å². The van der Waals surface area contributed by atoms with Crippen LogP contribution in [0.15, 0.2) is 24.3 Å². The maximum atomic E-state index is 5.87. The lowest BCUT2D eigenvalue weighted by molar-refractivity contribution is -0.193. The molecule has 4 nitrogen and oxygen atoms in total. The highest BCUT2D eigenvalue weighted by atomic mass is 24.3. The van der Waals surface area contributed by atoms with Gasteiger partial charge < -0.3 is 14.2 Å². The third-order valence-corrected chi connectivity index (χ3v) is 5.14. The van der Waals surface area contributed by atoms with Gasteiger partial charge in [0, 0.05) is 41.4 Å². The van der Waals surface area contributed by atoms with Gasteiger partial charge in [0.1, 0.15) is 5.75 Å². The summed E-state index contributed by atoms with van der Waals surface area (Å²) in [5, 5.41) is 0. The molecule has 0 unspecified atom stereocenters. The molecule has 1 aromatic carbocycles. The molecule has 0 amide bonds. The Kier molecular flexibility index (Phi) is 5.77. The normalized spacial score (nSPS) is 22.5. The van der Waals surface area contributed by atoms with E-state index >= 15 is 0 Å². The van der Waals surface area contributed by atoms with Crippen molar-refractivity contribution in [3.63, 3.8) is 0 Å². The molecule has 1 saturated heterocycles. The second-order valence-electron chi connectivity index (χ2n) is 6.26. The van der Waals surface area contributed by atoms with Crippen LogP contribution in [0.25, 0.3) is 0 Å². The topological polar surface area (TPSA) is 30.9 Å². The Morgan fingerprint density at radius 1 is 0.955 bits per heavy atom. The van der Waals surface area contributed by atoms with E-state index in [0.717, 1.165) is 44.6 Å². The van der Waals surface area contributed by atoms with Crippen LogP contribution >= 0.6 is 0 Å². The molecular formula is C17H25MgNO3. The van der Waals surface area contributed by atoms with E-state index in [1.807, 2.05) is 12.1 Å². The zero-order valence-electron chi connectivity index (χ0n) is 13.9. The van der Waals surface area contributed by atoms with Crippen molar-refractivity contribution in [3.05, 3.63) is 29.8 Å². The van der Waals surface area contributed by atoms with Crippen molar-refractivity contribution in [2.45, 2.75) is 37.0 Å². The van der Waals surface area contributed by atoms with E-state index in [1.165, 1.54) is 5.56 Å². The fourth-order valence-corrected chi connectivity index (χ4v) is 3.73. The van der Waals surface area contributed by atoms with Gasteiger partial charge in [0.15, 0.2) is 5.79 Å². The first-order valence-corrected chi connectivity index (χ1v) is 7.70. The molecule has 1 aliphatic carbocycles. The number of methoxy groups -OCH3 is 1. The summed E-state index contributed by atoms with van der Waals surface area (Å²) in [6.45, 7) is 1.47. The molecule has 2 radical (unpaired) electrons. The highest BCUT2D eigenvalue weighted by Crippen LogP contribution is 2.47. The summed E-state index contributed by atoms with van der Waals surface area (Å²) in [5.41, 5.74) is 1.41. The summed E-state index contributed by atoms with van der Waals surface area (Å²) in [6.07, 6.45) is 4.01. The van der Waals surface area contributed by atoms with Crippen molar-refractivity contribution in [2.75, 3.05) is 34.4 Å². The van der Waals surface area contributed by atoms with Crippen LogP contribution in [0.5, 0.6) is 5.75 Å². The number of nitrogens with zero attached hydrogens (tertiary/aromatic N) is 1. The molecule has 118 valence electrons. The molecule has 0 aromatic heterocycles. The fraction of sp³-hybridized carbons (Fsp3) is 0.647. The van der Waals surface area contributed by atoms with Crippen molar-refractivity contribution < 1.29 is 14.2 Å². The molecule has 0 N–H and O–H groups in total. The van der Waals surface area contributed by atoms with E-state index < -0.39 is 0 Å². The Morgan fingerprint density at radius 3 is 1.95 bits per heavy atom. The number of hydrogen-bond donors (Lipinski definition) is 0. The van der Waals surface area contributed by atoms with Crippen LogP contribution in [0.4, 0.5) is 0 Å². The zero-order chi connectivity index (χ0) is 14.9. The first-order chi connectivity index (χ1) is 10.1. The molecule has 0 bridgehead atoms. The van der Waals surface area contributed by atoms with Gasteiger partial charge in [-0.3, -0.25) is 4.90 Å². The van der Waals surface area contributed by atoms with E-state index in [1.54, 1.807) is 7.11 Å². The standard InChI is InChI=1S/C17H25NO3.Mg/c1-18(2)16(14-4-6-15(19-3)7-5-14)8-10-17(11-9-16)20-12-13-21-17;/h4-7H,8-13H2,1-3H3;. The maximum Gasteiger partial charge on any atom is 0.168 e. The molecule has 3 rings (SSSR count). The summed E-state index contributed by atoms with van der Waals surface area (Å²) in [5.74, 6) is 0.591. The zero-order valence-corrected chi connectivity index (χ0v) is 15.3. The third-order valence-electron chi connectivity index (χ3n) is 5.14. The van der Waals surface area contributed by atoms with Gasteiger partial charge in [-0.2, -0.15) is 0 Å². The van der Waals surface area contributed by atoms with Crippen molar-refractivity contribution in [1.82, 2.24) is 4.90 Å². The van der Waals surface area contributed by atoms with Gasteiger partial charge in [-0.15, -0.1) is 0 Å². The Morgan fingerprint density at radius 2 is 1.50 bits per heavy atom. The van der Waals surface area contributed by atoms with Crippen LogP contribution in [0, 0.1) is 0 Å². The van der Waals surface area contributed by atoms with Crippen LogP contribution in [0.1, 0.15) is 31.2 Å². The van der Waals surface area contributed by atoms with E-state index in [0.29, 0.717) is 0 Å². The van der Waals surface area contributed by atoms with Crippen LogP contribution in [-0.2, 0) is 15.0 Å². The van der Waals surface area contributed by atoms with Gasteiger partial charge in [0.25, 0.3) is 0 Å². The van der Waals surface area contributed by atoms with E-state index in [4.69, 9.17) is 14.2 Å². The summed E-state index contributed by atoms with van der Waals surface area (Å²) in [6, 6.07) is 8.47. The van der Waals surface area contributed by atoms with Gasteiger partial charge in [-0.05, 0) is 44.6 Å². The minimum Gasteiger partial charge on any atom is -0.497 e. The minimum atomic E-state index is -0.314. The third kappa shape index (κ3) is 3.15. The van der Waals surface area contributed by atoms with Crippen molar-refractivity contribution in [1.29, 1.82) is 0 Å². The molecular weight excluding hydrogens is 290 g/mol. The van der Waals surface area contributed by atoms with Gasteiger partial charge in [0.05, 0.1) is 20.3 Å². The van der Waals surface area contributed by atoms with Gasteiger partial charge in [-0.25, -0.2) is 0 Å². The molecule has 22 heavy (non-hydrogen) atoms. The molecule has 1 heterocycles. The predicted octanol–water partition coefficient (Wildman–Crippen LogP) is 2.39. The summed E-state index contributed by atoms with van der Waals surface area (Å²) < 4.78 is 17.0. The van der Waals surface area contributed by atoms with Crippen LogP contribution in [0.2, 0.25) is 0 Å². The fourth-order valence-electron chi connectivity index (χ4n) is 3.73. The monoisotopic (exact) mass is 315 g/mol. The second-order valence-corrected chi connectivity index (χ2v) is 6.26. The molecule has 1 spiro atoms. The lowest BCUT2D eigenvalue weighted by Gasteiger charge is -2.48. The SMILES string of the molecule is COc1ccc(C2(N(C)C)CCC3(CC2)OCCO3)cc1.[Mg]. The van der Waals surface area contributed by atoms with Crippen molar-refractivity contribution >= 4 is 23.1 Å². The average molecular weight is 316 g/mol. The van der Waals surface area contributed by atoms with Crippen LogP contribution in [0.3, 0.4) is 0 Å². The summed E-state index contributed by atoms with van der Waals surface area (Å²) in [7, 11) is 6.03. The quantitative estimate of drug-likeness (QED) is 0.802. The minimum absolute atomic E-state index is 0. The molecule has 1 saturated carbocycles. The average Bonchev–Trinajstić information content (AvgIpc) is 2.97. The molecule has 5 heteroatoms. The lowest BCUT2D eigenvalue weighted by Crippen LogP contribution is -2.49. The van der Waals surface area contributed by atoms with Gasteiger partial charge in [-0.1, -0.05) is 12.1 Å². The van der Waals surface area contributed by atoms with Crippen molar-refractivity contribution in [3.8, 4) is 5.75 Å². The number of ether oxygens (including phenoxy) is 3. The second kappa shape index (κ2) is 7.05. The van der Waals surface area contributed by atoms with Crippen LogP contribution < -0.4 is 4.74 Å². The summed E-state index contributed by atoms with van der Waals surface area (Å²) >= 11 is 0. The number of benzene rings is 1. The largest absolute Gasteiger partial charge is 0.497 e. The highest BCUT2D eigenvalue weighted by molar-refractivity contribution is 5.75. The Hall–Kier alpha value is -0.334. The number of rotatable bonds is 3. The maximum absolute atomic E-state index is 5.87. The predicted molar refractivity (Wildman–Crippen MR) is 87.2 cm³/mol. The van der Waals surface area contributed by atoms with E-state index in [9.17, 15) is 0 Å². The first kappa shape index (κ1) is 18.0. The van der Waals surface area contributed by atoms with E-state index in [-0.39, 0.29) is 34.4 Å². The van der Waals surface area contributed by atoms with E-state index in [2.05, 4.69) is 31.1 Å². The molecule has 2 aliphatic rings. The lowest BCUT2D eigenvalue weighted by atomic mass is 9.73. The summed E-state index contributed by atoms with van der Waals surface area (Å²) in [4.78, 5) is 2.34. The Balaban J connectivity index is 0.00000176. The first-order valence-electron chi connectivity index (χ1n) is 7.70. The van der Waals surface area contributed by atoms with Crippen LogP contribution in [-0.4, -0.2) is 68.2 Å². The Bertz CT molecular complexity index is 473. The molecule has 2 fully saturated rings. The molecule has 0 atom stereocenters. The molecule has 1 aromatic rings. The highest BCUT2D eigenvalue weighted by Gasteiger charge is 2.47.